The quantitative estimate of drug-likeness (QED) is 0.340. The normalized spacial score (nSPS) is 14.8. The van der Waals surface area contributed by atoms with Crippen molar-refractivity contribution in [2.24, 2.45) is 0 Å². The van der Waals surface area contributed by atoms with E-state index in [0.29, 0.717) is 32.6 Å². The highest BCUT2D eigenvalue weighted by atomic mass is 35.5. The molecule has 4 aromatic rings. The maximum absolute atomic E-state index is 13.6. The number of hydrogen-bond donors (Lipinski definition) is 2. The van der Waals surface area contributed by atoms with Gasteiger partial charge in [0.25, 0.3) is 5.91 Å². The molecule has 3 aromatic carbocycles. The van der Waals surface area contributed by atoms with Gasteiger partial charge in [0.05, 0.1) is 26.0 Å². The van der Waals surface area contributed by atoms with Gasteiger partial charge in [-0.2, -0.15) is 5.10 Å². The van der Waals surface area contributed by atoms with E-state index in [1.807, 2.05) is 30.3 Å². The number of benzene rings is 3. The summed E-state index contributed by atoms with van der Waals surface area (Å²) in [5.74, 6) is 0.124. The van der Waals surface area contributed by atoms with Crippen LogP contribution in [-0.4, -0.2) is 40.3 Å². The van der Waals surface area contributed by atoms with Crippen LogP contribution in [0.5, 0.6) is 17.2 Å². The molecule has 0 saturated heterocycles. The van der Waals surface area contributed by atoms with Crippen molar-refractivity contribution in [3.05, 3.63) is 93.1 Å². The van der Waals surface area contributed by atoms with Crippen LogP contribution in [0.15, 0.2) is 60.7 Å². The third-order valence-corrected chi connectivity index (χ3v) is 6.72. The molecule has 7 nitrogen and oxygen atoms in total. The predicted molar refractivity (Wildman–Crippen MR) is 133 cm³/mol. The van der Waals surface area contributed by atoms with E-state index in [4.69, 9.17) is 32.7 Å². The van der Waals surface area contributed by atoms with E-state index >= 15 is 0 Å². The molecule has 178 valence electrons. The number of phenolic OH excluding ortho intramolecular Hbond substituents is 1. The number of fused-ring (bicyclic) bond motifs is 1. The fourth-order valence-corrected chi connectivity index (χ4v) is 4.74. The Morgan fingerprint density at radius 3 is 2.31 bits per heavy atom. The summed E-state index contributed by atoms with van der Waals surface area (Å²) in [4.78, 5) is 15.4. The molecule has 1 atom stereocenters. The number of methoxy groups -OCH3 is 2. The van der Waals surface area contributed by atoms with E-state index in [0.717, 1.165) is 11.1 Å². The van der Waals surface area contributed by atoms with Gasteiger partial charge in [0.1, 0.15) is 5.69 Å². The summed E-state index contributed by atoms with van der Waals surface area (Å²) in [5, 5.41) is 19.0. The van der Waals surface area contributed by atoms with E-state index in [-0.39, 0.29) is 29.7 Å². The zero-order valence-electron chi connectivity index (χ0n) is 18.9. The molecule has 0 bridgehead atoms. The molecular formula is C26H21Cl2N3O4. The second-order valence-corrected chi connectivity index (χ2v) is 8.91. The molecule has 0 saturated carbocycles. The summed E-state index contributed by atoms with van der Waals surface area (Å²) >= 11 is 12.5. The van der Waals surface area contributed by atoms with E-state index < -0.39 is 6.04 Å². The van der Waals surface area contributed by atoms with Crippen LogP contribution in [0, 0.1) is 0 Å². The first kappa shape index (κ1) is 23.1. The molecule has 1 aromatic heterocycles. The van der Waals surface area contributed by atoms with Gasteiger partial charge >= 0.3 is 0 Å². The Kier molecular flexibility index (Phi) is 6.05. The highest BCUT2D eigenvalue weighted by Gasteiger charge is 2.43. The first-order chi connectivity index (χ1) is 16.9. The van der Waals surface area contributed by atoms with Gasteiger partial charge in [-0.1, -0.05) is 53.5 Å². The molecule has 2 heterocycles. The minimum Gasteiger partial charge on any atom is -0.502 e. The van der Waals surface area contributed by atoms with Crippen LogP contribution >= 0.6 is 23.2 Å². The van der Waals surface area contributed by atoms with Gasteiger partial charge in [-0.3, -0.25) is 9.89 Å². The molecule has 1 aliphatic rings. The Morgan fingerprint density at radius 1 is 1.03 bits per heavy atom. The Hall–Kier alpha value is -3.68. The molecule has 0 aliphatic carbocycles. The maximum atomic E-state index is 13.6. The van der Waals surface area contributed by atoms with Gasteiger partial charge in [0, 0.05) is 27.7 Å². The Morgan fingerprint density at radius 2 is 1.69 bits per heavy atom. The maximum Gasteiger partial charge on any atom is 0.273 e. The molecule has 1 amide bonds. The number of nitrogens with zero attached hydrogens (tertiary/aromatic N) is 2. The molecule has 35 heavy (non-hydrogen) atoms. The summed E-state index contributed by atoms with van der Waals surface area (Å²) in [5.41, 5.74) is 4.02. The standard InChI is InChI=1S/C26H21Cl2N3O4/c1-34-19-11-16(12-20(35-2)25(19)32)24-21-22(14-7-9-17(27)10-8-14)29-30-23(21)26(33)31(24)13-15-5-3-4-6-18(15)28/h3-12,24,32H,13H2,1-2H3,(H,29,30). The summed E-state index contributed by atoms with van der Waals surface area (Å²) in [6.07, 6.45) is 0. The van der Waals surface area contributed by atoms with Crippen molar-refractivity contribution >= 4 is 29.1 Å². The second kappa shape index (κ2) is 9.17. The van der Waals surface area contributed by atoms with Crippen molar-refractivity contribution < 1.29 is 19.4 Å². The smallest absolute Gasteiger partial charge is 0.273 e. The Balaban J connectivity index is 1.71. The molecule has 0 fully saturated rings. The first-order valence-electron chi connectivity index (χ1n) is 10.8. The van der Waals surface area contributed by atoms with Crippen molar-refractivity contribution in [2.45, 2.75) is 12.6 Å². The minimum atomic E-state index is -0.554. The summed E-state index contributed by atoms with van der Waals surface area (Å²) < 4.78 is 10.8. The zero-order valence-corrected chi connectivity index (χ0v) is 20.4. The molecular weight excluding hydrogens is 489 g/mol. The van der Waals surface area contributed by atoms with Gasteiger partial charge in [-0.25, -0.2) is 0 Å². The molecule has 5 rings (SSSR count). The van der Waals surface area contributed by atoms with E-state index in [1.54, 1.807) is 35.2 Å². The van der Waals surface area contributed by atoms with Gasteiger partial charge in [-0.05, 0) is 41.5 Å². The van der Waals surface area contributed by atoms with Crippen molar-refractivity contribution in [3.8, 4) is 28.5 Å². The van der Waals surface area contributed by atoms with Gasteiger partial charge in [0.2, 0.25) is 5.75 Å². The second-order valence-electron chi connectivity index (χ2n) is 8.07. The lowest BCUT2D eigenvalue weighted by atomic mass is 9.95. The molecule has 0 radical (unpaired) electrons. The van der Waals surface area contributed by atoms with Crippen LogP contribution in [0.3, 0.4) is 0 Å². The number of aromatic amines is 1. The van der Waals surface area contributed by atoms with Crippen LogP contribution in [0.4, 0.5) is 0 Å². The number of halogens is 2. The third kappa shape index (κ3) is 3.96. The molecule has 9 heteroatoms. The topological polar surface area (TPSA) is 87.7 Å². The van der Waals surface area contributed by atoms with Gasteiger partial charge in [0.15, 0.2) is 11.5 Å². The molecule has 2 N–H and O–H groups in total. The average molecular weight is 510 g/mol. The lowest BCUT2D eigenvalue weighted by Gasteiger charge is -2.27. The van der Waals surface area contributed by atoms with E-state index in [2.05, 4.69) is 10.2 Å². The fourth-order valence-electron chi connectivity index (χ4n) is 4.42. The number of nitrogens with one attached hydrogen (secondary N) is 1. The molecule has 0 spiro atoms. The number of phenols is 1. The zero-order chi connectivity index (χ0) is 24.7. The fraction of sp³-hybridized carbons (Fsp3) is 0.154. The lowest BCUT2D eigenvalue weighted by molar-refractivity contribution is 0.0729. The van der Waals surface area contributed by atoms with Gasteiger partial charge in [-0.15, -0.1) is 0 Å². The predicted octanol–water partition coefficient (Wildman–Crippen LogP) is 5.85. The van der Waals surface area contributed by atoms with Crippen molar-refractivity contribution in [2.75, 3.05) is 14.2 Å². The summed E-state index contributed by atoms with van der Waals surface area (Å²) in [7, 11) is 2.92. The third-order valence-electron chi connectivity index (χ3n) is 6.10. The highest BCUT2D eigenvalue weighted by Crippen LogP contribution is 2.47. The number of hydrogen-bond acceptors (Lipinski definition) is 5. The van der Waals surface area contributed by atoms with Crippen LogP contribution in [0.1, 0.15) is 33.2 Å². The summed E-state index contributed by atoms with van der Waals surface area (Å²) in [6, 6.07) is 17.5. The van der Waals surface area contributed by atoms with Crippen LogP contribution < -0.4 is 9.47 Å². The number of H-pyrrole nitrogens is 1. The van der Waals surface area contributed by atoms with Crippen molar-refractivity contribution in [1.29, 1.82) is 0 Å². The minimum absolute atomic E-state index is 0.119. The average Bonchev–Trinajstić information content (AvgIpc) is 3.40. The van der Waals surface area contributed by atoms with Crippen LogP contribution in [0.2, 0.25) is 10.0 Å². The van der Waals surface area contributed by atoms with E-state index in [1.165, 1.54) is 14.2 Å². The number of aromatic hydroxyl groups is 1. The number of carbonyl (C=O) groups excluding carboxylic acids is 1. The van der Waals surface area contributed by atoms with Gasteiger partial charge < -0.3 is 19.5 Å². The number of amides is 1. The monoisotopic (exact) mass is 509 g/mol. The lowest BCUT2D eigenvalue weighted by Crippen LogP contribution is -2.29. The Bertz CT molecular complexity index is 1390. The first-order valence-corrected chi connectivity index (χ1v) is 11.5. The van der Waals surface area contributed by atoms with Crippen LogP contribution in [-0.2, 0) is 6.54 Å². The summed E-state index contributed by atoms with van der Waals surface area (Å²) in [6.45, 7) is 0.261. The SMILES string of the molecule is COc1cc(C2c3c(-c4ccc(Cl)cc4)n[nH]c3C(=O)N2Cc2ccccc2Cl)cc(OC)c1O. The number of rotatable bonds is 6. The molecule has 1 aliphatic heterocycles. The van der Waals surface area contributed by atoms with E-state index in [9.17, 15) is 9.90 Å². The number of carbonyl (C=O) groups is 1. The molecule has 1 unspecified atom stereocenters. The van der Waals surface area contributed by atoms with Crippen LogP contribution in [0.25, 0.3) is 11.3 Å². The Labute approximate surface area is 211 Å². The van der Waals surface area contributed by atoms with Crippen molar-refractivity contribution in [1.82, 2.24) is 15.1 Å². The largest absolute Gasteiger partial charge is 0.502 e. The van der Waals surface area contributed by atoms with Crippen molar-refractivity contribution in [3.63, 3.8) is 0 Å². The highest BCUT2D eigenvalue weighted by molar-refractivity contribution is 6.31. The number of aromatic nitrogens is 2. The number of ether oxygens (including phenoxy) is 2.